The molecular formula is C21H24N2O3. The number of piperidine rings is 1. The third kappa shape index (κ3) is 2.54. The predicted octanol–water partition coefficient (Wildman–Crippen LogP) is 3.50. The van der Waals surface area contributed by atoms with E-state index in [1.807, 2.05) is 12.1 Å². The highest BCUT2D eigenvalue weighted by Gasteiger charge is 2.42. The van der Waals surface area contributed by atoms with Crippen LogP contribution in [0.2, 0.25) is 0 Å². The van der Waals surface area contributed by atoms with Crippen LogP contribution in [-0.2, 0) is 16.0 Å². The molecule has 3 heterocycles. The molecule has 5 nitrogen and oxygen atoms in total. The molecule has 3 atom stereocenters. The minimum absolute atomic E-state index is 0.106. The number of fused-ring (bicyclic) bond motifs is 5. The quantitative estimate of drug-likeness (QED) is 0.384. The number of hydrogen-bond acceptors (Lipinski definition) is 4. The van der Waals surface area contributed by atoms with E-state index < -0.39 is 5.97 Å². The lowest BCUT2D eigenvalue weighted by Crippen LogP contribution is -2.46. The highest BCUT2D eigenvalue weighted by Crippen LogP contribution is 2.45. The lowest BCUT2D eigenvalue weighted by atomic mass is 9.75. The van der Waals surface area contributed by atoms with Crippen molar-refractivity contribution in [2.45, 2.75) is 18.9 Å². The van der Waals surface area contributed by atoms with Crippen molar-refractivity contribution in [2.24, 2.45) is 11.8 Å². The highest BCUT2D eigenvalue weighted by atomic mass is 16.5. The zero-order chi connectivity index (χ0) is 18.3. The van der Waals surface area contributed by atoms with Gasteiger partial charge < -0.3 is 14.8 Å². The van der Waals surface area contributed by atoms with Crippen molar-refractivity contribution in [2.75, 3.05) is 20.2 Å². The summed E-state index contributed by atoms with van der Waals surface area (Å²) < 4.78 is 4.88. The lowest BCUT2D eigenvalue weighted by molar-refractivity contribution is -0.137. The fraction of sp³-hybridized carbons (Fsp3) is 0.381. The number of hydrogen-bond donors (Lipinski definition) is 2. The molecule has 0 amide bonds. The molecule has 4 rings (SSSR count). The molecule has 5 heteroatoms. The van der Waals surface area contributed by atoms with Gasteiger partial charge in [0.25, 0.3) is 0 Å². The van der Waals surface area contributed by atoms with Gasteiger partial charge >= 0.3 is 5.97 Å². The molecule has 0 spiro atoms. The normalized spacial score (nSPS) is 26.2. The van der Waals surface area contributed by atoms with E-state index in [9.17, 15) is 9.90 Å². The average Bonchev–Trinajstić information content (AvgIpc) is 3.07. The van der Waals surface area contributed by atoms with Crippen LogP contribution in [0.25, 0.3) is 10.9 Å². The summed E-state index contributed by atoms with van der Waals surface area (Å²) >= 11 is 0. The Morgan fingerprint density at radius 3 is 2.96 bits per heavy atom. The topological polar surface area (TPSA) is 65.6 Å². The van der Waals surface area contributed by atoms with Crippen LogP contribution in [0.5, 0.6) is 0 Å². The van der Waals surface area contributed by atoms with Crippen LogP contribution >= 0.6 is 0 Å². The van der Waals surface area contributed by atoms with Crippen molar-refractivity contribution in [3.05, 3.63) is 60.0 Å². The van der Waals surface area contributed by atoms with E-state index >= 15 is 0 Å². The van der Waals surface area contributed by atoms with E-state index in [0.717, 1.165) is 37.7 Å². The standard InChI is InChI=1S/C21H24N2O3/c1-3-13-11-23-9-8-15-14-6-4-5-7-18(14)22-20(15)19(23)10-16(13)17(12-24)21(25)26-2/h3-7,12-13,16,19,22,24H,1,8-11H2,2H3/t13-,16-,19-/m0/s1. The molecule has 0 aliphatic carbocycles. The number of aliphatic hydroxyl groups excluding tert-OH is 1. The summed E-state index contributed by atoms with van der Waals surface area (Å²) in [7, 11) is 1.35. The fourth-order valence-electron chi connectivity index (χ4n) is 4.68. The van der Waals surface area contributed by atoms with Gasteiger partial charge in [-0.25, -0.2) is 4.79 Å². The van der Waals surface area contributed by atoms with Gasteiger partial charge in [0.05, 0.1) is 25.0 Å². The van der Waals surface area contributed by atoms with Crippen LogP contribution < -0.4 is 0 Å². The van der Waals surface area contributed by atoms with Crippen molar-refractivity contribution in [1.82, 2.24) is 9.88 Å². The Bertz CT molecular complexity index is 883. The maximum absolute atomic E-state index is 12.1. The average molecular weight is 352 g/mol. The van der Waals surface area contributed by atoms with Gasteiger partial charge in [-0.05, 0) is 30.4 Å². The van der Waals surface area contributed by atoms with Crippen molar-refractivity contribution < 1.29 is 14.6 Å². The van der Waals surface area contributed by atoms with Gasteiger partial charge in [-0.1, -0.05) is 24.3 Å². The summed E-state index contributed by atoms with van der Waals surface area (Å²) in [4.78, 5) is 18.2. The van der Waals surface area contributed by atoms with Gasteiger partial charge in [0.1, 0.15) is 0 Å². The molecule has 0 saturated carbocycles. The van der Waals surface area contributed by atoms with E-state index in [1.165, 1.54) is 23.8 Å². The summed E-state index contributed by atoms with van der Waals surface area (Å²) in [6, 6.07) is 8.60. The van der Waals surface area contributed by atoms with Crippen molar-refractivity contribution in [1.29, 1.82) is 0 Å². The molecule has 136 valence electrons. The van der Waals surface area contributed by atoms with Gasteiger partial charge in [0.2, 0.25) is 0 Å². The van der Waals surface area contributed by atoms with E-state index in [1.54, 1.807) is 0 Å². The first kappa shape index (κ1) is 16.9. The van der Waals surface area contributed by atoms with E-state index in [2.05, 4.69) is 34.7 Å². The maximum Gasteiger partial charge on any atom is 0.337 e. The molecule has 2 aliphatic rings. The van der Waals surface area contributed by atoms with Crippen LogP contribution in [0.15, 0.2) is 48.8 Å². The van der Waals surface area contributed by atoms with Crippen molar-refractivity contribution in [3.8, 4) is 0 Å². The SMILES string of the molecule is C=C[C@H]1CN2CCc3c([nH]c4ccccc34)[C@@H]2C[C@@H]1C(=CO)C(=O)OC. The number of nitrogens with one attached hydrogen (secondary N) is 1. The van der Waals surface area contributed by atoms with Gasteiger partial charge in [-0.2, -0.15) is 0 Å². The minimum atomic E-state index is -0.467. The first-order chi connectivity index (χ1) is 12.7. The fourth-order valence-corrected chi connectivity index (χ4v) is 4.68. The molecule has 1 fully saturated rings. The largest absolute Gasteiger partial charge is 0.515 e. The van der Waals surface area contributed by atoms with Crippen LogP contribution in [-0.4, -0.2) is 41.2 Å². The number of carbonyl (C=O) groups is 1. The maximum atomic E-state index is 12.1. The number of aromatic amines is 1. The number of nitrogens with zero attached hydrogens (tertiary/aromatic N) is 1. The summed E-state index contributed by atoms with van der Waals surface area (Å²) in [6.45, 7) is 5.77. The van der Waals surface area contributed by atoms with Crippen LogP contribution in [0.4, 0.5) is 0 Å². The van der Waals surface area contributed by atoms with E-state index in [4.69, 9.17) is 4.74 Å². The Balaban J connectivity index is 1.74. The number of carbonyl (C=O) groups excluding carboxylic acids is 1. The molecule has 2 N–H and O–H groups in total. The number of para-hydroxylation sites is 1. The lowest BCUT2D eigenvalue weighted by Gasteiger charge is -2.45. The number of esters is 1. The summed E-state index contributed by atoms with van der Waals surface area (Å²) in [5.41, 5.74) is 4.12. The van der Waals surface area contributed by atoms with Crippen molar-refractivity contribution >= 4 is 16.9 Å². The Labute approximate surface area is 153 Å². The molecule has 1 aromatic carbocycles. The molecule has 0 radical (unpaired) electrons. The molecule has 1 aromatic heterocycles. The molecule has 0 bridgehead atoms. The predicted molar refractivity (Wildman–Crippen MR) is 101 cm³/mol. The number of ether oxygens (including phenoxy) is 1. The molecule has 0 unspecified atom stereocenters. The molecule has 2 aromatic rings. The zero-order valence-corrected chi connectivity index (χ0v) is 14.9. The zero-order valence-electron chi connectivity index (χ0n) is 14.9. The van der Waals surface area contributed by atoms with Gasteiger partial charge in [0.15, 0.2) is 0 Å². The second kappa shape index (κ2) is 6.65. The van der Waals surface area contributed by atoms with Crippen LogP contribution in [0, 0.1) is 11.8 Å². The van der Waals surface area contributed by atoms with Crippen LogP contribution in [0.1, 0.15) is 23.7 Å². The Morgan fingerprint density at radius 1 is 1.42 bits per heavy atom. The second-order valence-electron chi connectivity index (χ2n) is 7.14. The Hall–Kier alpha value is -2.53. The van der Waals surface area contributed by atoms with Crippen molar-refractivity contribution in [3.63, 3.8) is 0 Å². The Kier molecular flexibility index (Phi) is 4.32. The molecule has 2 aliphatic heterocycles. The van der Waals surface area contributed by atoms with Crippen LogP contribution in [0.3, 0.4) is 0 Å². The van der Waals surface area contributed by atoms with Gasteiger partial charge in [-0.15, -0.1) is 6.58 Å². The number of H-pyrrole nitrogens is 1. The molecule has 26 heavy (non-hydrogen) atoms. The third-order valence-electron chi connectivity index (χ3n) is 5.97. The number of aromatic nitrogens is 1. The van der Waals surface area contributed by atoms with E-state index in [-0.39, 0.29) is 17.9 Å². The monoisotopic (exact) mass is 352 g/mol. The molecule has 1 saturated heterocycles. The third-order valence-corrected chi connectivity index (χ3v) is 5.97. The minimum Gasteiger partial charge on any atom is -0.515 e. The summed E-state index contributed by atoms with van der Waals surface area (Å²) in [6.07, 6.45) is 4.58. The number of aliphatic hydroxyl groups is 1. The number of rotatable bonds is 3. The smallest absolute Gasteiger partial charge is 0.337 e. The summed E-state index contributed by atoms with van der Waals surface area (Å²) in [5, 5.41) is 11.0. The van der Waals surface area contributed by atoms with Gasteiger partial charge in [-0.3, -0.25) is 4.90 Å². The second-order valence-corrected chi connectivity index (χ2v) is 7.14. The molecular weight excluding hydrogens is 328 g/mol. The Morgan fingerprint density at radius 2 is 2.23 bits per heavy atom. The van der Waals surface area contributed by atoms with E-state index in [0.29, 0.717) is 5.57 Å². The number of methoxy groups -OCH3 is 1. The highest BCUT2D eigenvalue weighted by molar-refractivity contribution is 5.89. The van der Waals surface area contributed by atoms with Gasteiger partial charge in [0, 0.05) is 35.6 Å². The number of benzene rings is 1. The first-order valence-electron chi connectivity index (χ1n) is 9.06. The first-order valence-corrected chi connectivity index (χ1v) is 9.06. The summed E-state index contributed by atoms with van der Waals surface area (Å²) in [5.74, 6) is -0.469.